The minimum Gasteiger partial charge on any atom is -0.272 e. The van der Waals surface area contributed by atoms with Crippen LogP contribution in [-0.2, 0) is 0 Å². The summed E-state index contributed by atoms with van der Waals surface area (Å²) in [4.78, 5) is 15.9. The van der Waals surface area contributed by atoms with E-state index in [9.17, 15) is 4.79 Å². The zero-order valence-corrected chi connectivity index (χ0v) is 12.7. The quantitative estimate of drug-likeness (QED) is 0.571. The number of carbonyl (C=O) groups is 1. The Hall–Kier alpha value is -2.99. The molecule has 1 amide bonds. The minimum absolute atomic E-state index is 0.298. The van der Waals surface area contributed by atoms with E-state index in [-0.39, 0.29) is 5.91 Å². The maximum atomic E-state index is 12.0. The Morgan fingerprint density at radius 3 is 2.78 bits per heavy atom. The zero-order chi connectivity index (χ0) is 16.1. The Morgan fingerprint density at radius 1 is 1.22 bits per heavy atom. The van der Waals surface area contributed by atoms with Crippen molar-refractivity contribution in [2.75, 3.05) is 0 Å². The molecule has 3 rings (SSSR count). The summed E-state index contributed by atoms with van der Waals surface area (Å²) in [5.41, 5.74) is 4.92. The van der Waals surface area contributed by atoms with E-state index in [1.807, 2.05) is 18.2 Å². The number of nitrogens with one attached hydrogen (secondary N) is 2. The highest BCUT2D eigenvalue weighted by Crippen LogP contribution is 2.26. The van der Waals surface area contributed by atoms with Crippen molar-refractivity contribution in [2.45, 2.75) is 0 Å². The lowest BCUT2D eigenvalue weighted by molar-refractivity contribution is 0.0950. The second-order valence-electron chi connectivity index (χ2n) is 4.63. The monoisotopic (exact) mass is 325 g/mol. The average Bonchev–Trinajstić information content (AvgIpc) is 3.06. The van der Waals surface area contributed by atoms with Crippen molar-refractivity contribution >= 4 is 23.7 Å². The standard InChI is InChI=1S/C16H12ClN5O/c17-13-4-2-1-3-12(13)14-9-15(21-20-14)16(23)22-19-10-11-5-7-18-8-6-11/h1-10H,(H,20,21)(H,22,23)/b19-10+. The molecule has 2 N–H and O–H groups in total. The molecule has 0 aliphatic carbocycles. The molecule has 0 atom stereocenters. The van der Waals surface area contributed by atoms with E-state index >= 15 is 0 Å². The summed E-state index contributed by atoms with van der Waals surface area (Å²) >= 11 is 6.12. The van der Waals surface area contributed by atoms with Gasteiger partial charge in [-0.2, -0.15) is 10.2 Å². The first-order valence-corrected chi connectivity index (χ1v) is 7.15. The van der Waals surface area contributed by atoms with Crippen LogP contribution >= 0.6 is 11.6 Å². The van der Waals surface area contributed by atoms with Gasteiger partial charge in [0.1, 0.15) is 5.69 Å². The molecule has 0 bridgehead atoms. The maximum absolute atomic E-state index is 12.0. The number of benzene rings is 1. The molecule has 0 aliphatic rings. The number of aromatic amines is 1. The number of hydrogen-bond donors (Lipinski definition) is 2. The van der Waals surface area contributed by atoms with E-state index in [1.165, 1.54) is 6.21 Å². The molecule has 1 aromatic carbocycles. The van der Waals surface area contributed by atoms with Crippen LogP contribution in [-0.4, -0.2) is 27.3 Å². The van der Waals surface area contributed by atoms with Crippen molar-refractivity contribution in [2.24, 2.45) is 5.10 Å². The Labute approximate surface area is 137 Å². The molecule has 0 unspecified atom stereocenters. The molecule has 0 saturated heterocycles. The van der Waals surface area contributed by atoms with Gasteiger partial charge in [-0.3, -0.25) is 14.9 Å². The number of rotatable bonds is 4. The fourth-order valence-corrected chi connectivity index (χ4v) is 2.15. The lowest BCUT2D eigenvalue weighted by atomic mass is 10.1. The van der Waals surface area contributed by atoms with Crippen LogP contribution < -0.4 is 5.43 Å². The number of amides is 1. The van der Waals surface area contributed by atoms with E-state index < -0.39 is 0 Å². The van der Waals surface area contributed by atoms with E-state index in [0.717, 1.165) is 11.1 Å². The van der Waals surface area contributed by atoms with Gasteiger partial charge in [0.25, 0.3) is 5.91 Å². The third-order valence-electron chi connectivity index (χ3n) is 3.06. The summed E-state index contributed by atoms with van der Waals surface area (Å²) in [6.45, 7) is 0. The first-order chi connectivity index (χ1) is 11.2. The molecule has 0 fully saturated rings. The number of nitrogens with zero attached hydrogens (tertiary/aromatic N) is 3. The van der Waals surface area contributed by atoms with Gasteiger partial charge < -0.3 is 0 Å². The molecule has 6 nitrogen and oxygen atoms in total. The normalized spacial score (nSPS) is 10.8. The van der Waals surface area contributed by atoms with Crippen molar-refractivity contribution < 1.29 is 4.79 Å². The van der Waals surface area contributed by atoms with Crippen LogP contribution in [0.1, 0.15) is 16.1 Å². The predicted octanol–water partition coefficient (Wildman–Crippen LogP) is 2.89. The summed E-state index contributed by atoms with van der Waals surface area (Å²) < 4.78 is 0. The van der Waals surface area contributed by atoms with Crippen molar-refractivity contribution in [3.05, 3.63) is 71.1 Å². The molecule has 2 heterocycles. The summed E-state index contributed by atoms with van der Waals surface area (Å²) in [5, 5.41) is 11.2. The van der Waals surface area contributed by atoms with Crippen LogP contribution in [0.15, 0.2) is 60.0 Å². The van der Waals surface area contributed by atoms with Crippen molar-refractivity contribution in [1.82, 2.24) is 20.6 Å². The average molecular weight is 326 g/mol. The first-order valence-electron chi connectivity index (χ1n) is 6.78. The SMILES string of the molecule is O=C(N/N=C/c1ccncc1)c1cc(-c2ccccc2Cl)n[nH]1. The third-order valence-corrected chi connectivity index (χ3v) is 3.39. The highest BCUT2D eigenvalue weighted by molar-refractivity contribution is 6.33. The van der Waals surface area contributed by atoms with Gasteiger partial charge in [0.2, 0.25) is 0 Å². The van der Waals surface area contributed by atoms with Crippen LogP contribution in [0.3, 0.4) is 0 Å². The Bertz CT molecular complexity index is 844. The molecule has 0 radical (unpaired) electrons. The fourth-order valence-electron chi connectivity index (χ4n) is 1.92. The van der Waals surface area contributed by atoms with Crippen LogP contribution in [0, 0.1) is 0 Å². The number of hydrazone groups is 1. The number of pyridine rings is 1. The Balaban J connectivity index is 1.70. The van der Waals surface area contributed by atoms with Gasteiger partial charge in [0, 0.05) is 18.0 Å². The van der Waals surface area contributed by atoms with Crippen molar-refractivity contribution in [3.8, 4) is 11.3 Å². The van der Waals surface area contributed by atoms with E-state index in [4.69, 9.17) is 11.6 Å². The summed E-state index contributed by atoms with van der Waals surface area (Å²) in [7, 11) is 0. The van der Waals surface area contributed by atoms with Gasteiger partial charge in [-0.1, -0.05) is 29.8 Å². The minimum atomic E-state index is -0.388. The molecule has 0 aliphatic heterocycles. The zero-order valence-electron chi connectivity index (χ0n) is 11.9. The topological polar surface area (TPSA) is 83.0 Å². The summed E-state index contributed by atoms with van der Waals surface area (Å²) in [6.07, 6.45) is 4.83. The molecule has 114 valence electrons. The van der Waals surface area contributed by atoms with Crippen LogP contribution in [0.25, 0.3) is 11.3 Å². The first kappa shape index (κ1) is 14.9. The predicted molar refractivity (Wildman–Crippen MR) is 88.3 cm³/mol. The van der Waals surface area contributed by atoms with Crippen molar-refractivity contribution in [1.29, 1.82) is 0 Å². The lowest BCUT2D eigenvalue weighted by Gasteiger charge is -1.98. The highest BCUT2D eigenvalue weighted by atomic mass is 35.5. The van der Waals surface area contributed by atoms with Crippen LogP contribution in [0.2, 0.25) is 5.02 Å². The number of aromatic nitrogens is 3. The maximum Gasteiger partial charge on any atom is 0.289 e. The number of carbonyl (C=O) groups excluding carboxylic acids is 1. The van der Waals surface area contributed by atoms with Crippen molar-refractivity contribution in [3.63, 3.8) is 0 Å². The molecule has 0 saturated carbocycles. The molecular formula is C16H12ClN5O. The van der Waals surface area contributed by atoms with Crippen LogP contribution in [0.5, 0.6) is 0 Å². The van der Waals surface area contributed by atoms with Gasteiger partial charge in [-0.15, -0.1) is 0 Å². The molecule has 0 spiro atoms. The number of hydrogen-bond acceptors (Lipinski definition) is 4. The van der Waals surface area contributed by atoms with E-state index in [2.05, 4.69) is 25.7 Å². The second kappa shape index (κ2) is 6.85. The Kier molecular flexibility index (Phi) is 4.44. The molecule has 2 aromatic heterocycles. The fraction of sp³-hybridized carbons (Fsp3) is 0. The molecule has 7 heteroatoms. The van der Waals surface area contributed by atoms with Gasteiger partial charge in [0.05, 0.1) is 16.9 Å². The number of H-pyrrole nitrogens is 1. The van der Waals surface area contributed by atoms with Gasteiger partial charge in [-0.05, 0) is 29.8 Å². The largest absolute Gasteiger partial charge is 0.289 e. The molecule has 3 aromatic rings. The summed E-state index contributed by atoms with van der Waals surface area (Å²) in [6, 6.07) is 12.5. The Morgan fingerprint density at radius 2 is 2.00 bits per heavy atom. The molecular weight excluding hydrogens is 314 g/mol. The van der Waals surface area contributed by atoms with Gasteiger partial charge in [0.15, 0.2) is 0 Å². The third kappa shape index (κ3) is 3.61. The molecule has 23 heavy (non-hydrogen) atoms. The highest BCUT2D eigenvalue weighted by Gasteiger charge is 2.11. The van der Waals surface area contributed by atoms with E-state index in [1.54, 1.807) is 36.7 Å². The van der Waals surface area contributed by atoms with E-state index in [0.29, 0.717) is 16.4 Å². The van der Waals surface area contributed by atoms with Crippen LogP contribution in [0.4, 0.5) is 0 Å². The van der Waals surface area contributed by atoms with Gasteiger partial charge >= 0.3 is 0 Å². The lowest BCUT2D eigenvalue weighted by Crippen LogP contribution is -2.17. The summed E-state index contributed by atoms with van der Waals surface area (Å²) in [5.74, 6) is -0.388. The number of halogens is 1. The van der Waals surface area contributed by atoms with Gasteiger partial charge in [-0.25, -0.2) is 5.43 Å². The second-order valence-corrected chi connectivity index (χ2v) is 5.03. The smallest absolute Gasteiger partial charge is 0.272 e.